The van der Waals surface area contributed by atoms with Gasteiger partial charge in [-0.1, -0.05) is 24.1 Å². The van der Waals surface area contributed by atoms with E-state index < -0.39 is 5.91 Å². The lowest BCUT2D eigenvalue weighted by atomic mass is 10.1. The molecule has 10 heteroatoms. The Bertz CT molecular complexity index is 1520. The molecule has 1 atom stereocenters. The Kier molecular flexibility index (Phi) is 5.72. The number of rotatable bonds is 6. The number of halogens is 1. The Morgan fingerprint density at radius 1 is 1.22 bits per heavy atom. The molecule has 3 aromatic rings. The van der Waals surface area contributed by atoms with E-state index in [1.807, 2.05) is 12.3 Å². The summed E-state index contributed by atoms with van der Waals surface area (Å²) in [6, 6.07) is 1.89. The third-order valence-corrected chi connectivity index (χ3v) is 7.75. The molecule has 3 N–H and O–H groups in total. The van der Waals surface area contributed by atoms with Gasteiger partial charge < -0.3 is 16.0 Å². The number of amides is 2. The quantitative estimate of drug-likeness (QED) is 0.384. The number of pyridine rings is 1. The van der Waals surface area contributed by atoms with E-state index in [-0.39, 0.29) is 23.2 Å². The van der Waals surface area contributed by atoms with E-state index in [0.717, 1.165) is 37.0 Å². The van der Waals surface area contributed by atoms with E-state index in [1.54, 1.807) is 16.6 Å². The molecule has 2 saturated carbocycles. The second-order valence-electron chi connectivity index (χ2n) is 9.99. The molecule has 0 aromatic carbocycles. The number of anilines is 1. The molecule has 190 valence electrons. The zero-order valence-corrected chi connectivity index (χ0v) is 21.4. The number of nitrogens with two attached hydrogens (primary N) is 1. The normalized spacial score (nSPS) is 19.1. The number of carbonyl (C=O) groups excluding carboxylic acids is 2. The highest BCUT2D eigenvalue weighted by Gasteiger charge is 2.34. The third kappa shape index (κ3) is 4.05. The molecule has 2 aliphatic carbocycles. The molecule has 3 aromatic heterocycles. The van der Waals surface area contributed by atoms with Gasteiger partial charge in [-0.2, -0.15) is 5.10 Å². The van der Waals surface area contributed by atoms with Crippen molar-refractivity contribution in [3.05, 3.63) is 58.3 Å². The van der Waals surface area contributed by atoms with Gasteiger partial charge in [0.2, 0.25) is 5.91 Å². The summed E-state index contributed by atoms with van der Waals surface area (Å²) >= 11 is 6.76. The van der Waals surface area contributed by atoms with Crippen LogP contribution in [-0.4, -0.2) is 56.0 Å². The Morgan fingerprint density at radius 3 is 2.62 bits per heavy atom. The number of fused-ring (bicyclic) bond motifs is 1. The molecule has 9 nitrogen and oxygen atoms in total. The van der Waals surface area contributed by atoms with Gasteiger partial charge in [-0.3, -0.25) is 14.0 Å². The van der Waals surface area contributed by atoms with E-state index in [0.29, 0.717) is 47.8 Å². The summed E-state index contributed by atoms with van der Waals surface area (Å²) < 4.78 is 3.96. The number of nitrogens with zero attached hydrogens (tertiary/aromatic N) is 5. The lowest BCUT2D eigenvalue weighted by Gasteiger charge is -2.16. The Labute approximate surface area is 219 Å². The van der Waals surface area contributed by atoms with Crippen LogP contribution in [0.3, 0.4) is 0 Å². The molecule has 3 fully saturated rings. The zero-order chi connectivity index (χ0) is 25.8. The number of hydrogen-bond donors (Lipinski definition) is 2. The molecule has 1 aliphatic heterocycles. The maximum absolute atomic E-state index is 12.5. The van der Waals surface area contributed by atoms with Crippen LogP contribution in [0.4, 0.5) is 5.82 Å². The predicted molar refractivity (Wildman–Crippen MR) is 141 cm³/mol. The summed E-state index contributed by atoms with van der Waals surface area (Å²) in [7, 11) is 1.71. The van der Waals surface area contributed by atoms with Gasteiger partial charge in [0.05, 0.1) is 28.3 Å². The van der Waals surface area contributed by atoms with E-state index in [4.69, 9.17) is 22.3 Å². The second kappa shape index (κ2) is 8.96. The smallest absolute Gasteiger partial charge is 0.255 e. The summed E-state index contributed by atoms with van der Waals surface area (Å²) in [5.41, 5.74) is 9.00. The maximum Gasteiger partial charge on any atom is 0.255 e. The minimum Gasteiger partial charge on any atom is -0.373 e. The minimum atomic E-state index is -0.627. The van der Waals surface area contributed by atoms with Crippen LogP contribution in [0.25, 0.3) is 5.52 Å². The van der Waals surface area contributed by atoms with Crippen molar-refractivity contribution in [2.24, 2.45) is 5.73 Å². The van der Waals surface area contributed by atoms with Crippen LogP contribution < -0.4 is 11.1 Å². The van der Waals surface area contributed by atoms with Crippen LogP contribution in [-0.2, 0) is 4.79 Å². The molecule has 0 bridgehead atoms. The fraction of sp³-hybridized carbons (Fsp3) is 0.407. The third-order valence-electron chi connectivity index (χ3n) is 7.45. The van der Waals surface area contributed by atoms with Gasteiger partial charge in [-0.15, -0.1) is 0 Å². The van der Waals surface area contributed by atoms with Gasteiger partial charge >= 0.3 is 0 Å². The molecule has 0 spiro atoms. The van der Waals surface area contributed by atoms with Gasteiger partial charge in [0.1, 0.15) is 17.2 Å². The molecule has 6 rings (SSSR count). The van der Waals surface area contributed by atoms with E-state index in [1.165, 1.54) is 11.8 Å². The predicted octanol–water partition coefficient (Wildman–Crippen LogP) is 3.44. The molecular weight excluding hydrogens is 490 g/mol. The lowest BCUT2D eigenvalue weighted by molar-refractivity contribution is -0.125. The van der Waals surface area contributed by atoms with Crippen molar-refractivity contribution in [3.63, 3.8) is 0 Å². The van der Waals surface area contributed by atoms with E-state index >= 15 is 0 Å². The Morgan fingerprint density at radius 2 is 1.97 bits per heavy atom. The number of hydrogen-bond acceptors (Lipinski definition) is 5. The average Bonchev–Trinajstić information content (AvgIpc) is 3.78. The molecule has 1 saturated heterocycles. The van der Waals surface area contributed by atoms with E-state index in [9.17, 15) is 9.59 Å². The standard InChI is InChI=1S/C27H28ClN7O2/c1-3-23(36)33-11-10-17(14-33)35-27(30-2)24(25(29)37)20(32-35)9-8-18-19(28)12-21(15-4-5-15)34-22(18)13-31-26(34)16-6-7-16/h3,12-13,15-17,30H,1,4-7,10-11,14H2,2H3,(H2,29,37). The summed E-state index contributed by atoms with van der Waals surface area (Å²) in [6.07, 6.45) is 8.46. The first-order chi connectivity index (χ1) is 17.9. The highest BCUT2D eigenvalue weighted by molar-refractivity contribution is 6.32. The van der Waals surface area contributed by atoms with Crippen LogP contribution >= 0.6 is 11.6 Å². The molecule has 4 heterocycles. The minimum absolute atomic E-state index is 0.121. The summed E-state index contributed by atoms with van der Waals surface area (Å²) in [5.74, 6) is 8.06. The van der Waals surface area contributed by atoms with Crippen molar-refractivity contribution < 1.29 is 9.59 Å². The number of carbonyl (C=O) groups is 2. The number of nitrogens with one attached hydrogen (secondary N) is 1. The second-order valence-corrected chi connectivity index (χ2v) is 10.4. The van der Waals surface area contributed by atoms with Gasteiger partial charge in [-0.05, 0) is 56.1 Å². The summed E-state index contributed by atoms with van der Waals surface area (Å²) in [6.45, 7) is 4.61. The van der Waals surface area contributed by atoms with Crippen LogP contribution in [0.2, 0.25) is 5.02 Å². The van der Waals surface area contributed by atoms with Crippen molar-refractivity contribution in [3.8, 4) is 11.8 Å². The van der Waals surface area contributed by atoms with Crippen LogP contribution in [0, 0.1) is 11.8 Å². The van der Waals surface area contributed by atoms with Crippen molar-refractivity contribution in [1.82, 2.24) is 24.1 Å². The molecular formula is C27H28ClN7O2. The van der Waals surface area contributed by atoms with Crippen LogP contribution in [0.15, 0.2) is 24.9 Å². The van der Waals surface area contributed by atoms with Gasteiger partial charge in [-0.25, -0.2) is 9.67 Å². The van der Waals surface area contributed by atoms with Gasteiger partial charge in [0, 0.05) is 31.7 Å². The zero-order valence-electron chi connectivity index (χ0n) is 20.6. The Hall–Kier alpha value is -3.77. The monoisotopic (exact) mass is 517 g/mol. The van der Waals surface area contributed by atoms with Crippen molar-refractivity contribution in [2.45, 2.75) is 50.0 Å². The first-order valence-corrected chi connectivity index (χ1v) is 13.0. The number of aromatic nitrogens is 4. The van der Waals surface area contributed by atoms with Crippen molar-refractivity contribution in [2.75, 3.05) is 25.5 Å². The summed E-state index contributed by atoms with van der Waals surface area (Å²) in [5, 5.41) is 8.30. The topological polar surface area (TPSA) is 111 Å². The van der Waals surface area contributed by atoms with Crippen molar-refractivity contribution in [1.29, 1.82) is 0 Å². The van der Waals surface area contributed by atoms with Crippen LogP contribution in [0.1, 0.15) is 83.1 Å². The molecule has 37 heavy (non-hydrogen) atoms. The average molecular weight is 518 g/mol. The maximum atomic E-state index is 12.5. The number of primary amides is 1. The van der Waals surface area contributed by atoms with E-state index in [2.05, 4.69) is 33.2 Å². The largest absolute Gasteiger partial charge is 0.373 e. The highest BCUT2D eigenvalue weighted by atomic mass is 35.5. The van der Waals surface area contributed by atoms with Gasteiger partial charge in [0.15, 0.2) is 5.69 Å². The number of imidazole rings is 1. The fourth-order valence-corrected chi connectivity index (χ4v) is 5.54. The number of likely N-dealkylation sites (tertiary alicyclic amines) is 1. The molecule has 1 unspecified atom stereocenters. The Balaban J connectivity index is 1.43. The van der Waals surface area contributed by atoms with Crippen molar-refractivity contribution >= 4 is 34.7 Å². The first-order valence-electron chi connectivity index (χ1n) is 12.6. The highest BCUT2D eigenvalue weighted by Crippen LogP contribution is 2.46. The van der Waals surface area contributed by atoms with Crippen LogP contribution in [0.5, 0.6) is 0 Å². The first kappa shape index (κ1) is 23.6. The summed E-state index contributed by atoms with van der Waals surface area (Å²) in [4.78, 5) is 31.0. The van der Waals surface area contributed by atoms with Gasteiger partial charge in [0.25, 0.3) is 5.91 Å². The fourth-order valence-electron chi connectivity index (χ4n) is 5.29. The lowest BCUT2D eigenvalue weighted by Crippen LogP contribution is -2.27. The SMILES string of the molecule is C=CC(=O)N1CCC(n2nc(C#Cc3c(Cl)cc(C4CC4)n4c(C5CC5)ncc34)c(C(N)=O)c2NC)C1. The molecule has 3 aliphatic rings. The molecule has 2 amide bonds. The molecule has 0 radical (unpaired) electrons.